The van der Waals surface area contributed by atoms with Crippen LogP contribution in [0.3, 0.4) is 0 Å². The van der Waals surface area contributed by atoms with Gasteiger partial charge in [-0.25, -0.2) is 17.5 Å². The minimum atomic E-state index is -4.00. The van der Waals surface area contributed by atoms with Crippen LogP contribution in [-0.2, 0) is 15.8 Å². The molecular weight excluding hydrogens is 367 g/mol. The Morgan fingerprint density at radius 2 is 1.92 bits per heavy atom. The summed E-state index contributed by atoms with van der Waals surface area (Å²) in [7, 11) is -4.00. The lowest BCUT2D eigenvalue weighted by atomic mass is 10.2. The fraction of sp³-hybridized carbons (Fsp3) is 0.250. The summed E-state index contributed by atoms with van der Waals surface area (Å²) in [4.78, 5) is 10.0. The third-order valence-corrected chi connectivity index (χ3v) is 6.07. The predicted octanol–water partition coefficient (Wildman–Crippen LogP) is 3.25. The quantitative estimate of drug-likeness (QED) is 0.429. The Hall–Kier alpha value is -1.97. The van der Waals surface area contributed by atoms with Crippen LogP contribution < -0.4 is 4.72 Å². The molecule has 0 spiro atoms. The molecule has 2 aromatic rings. The predicted molar refractivity (Wildman–Crippen MR) is 95.6 cm³/mol. The summed E-state index contributed by atoms with van der Waals surface area (Å²) < 4.78 is 40.6. The van der Waals surface area contributed by atoms with Crippen LogP contribution in [-0.4, -0.2) is 25.6 Å². The summed E-state index contributed by atoms with van der Waals surface area (Å²) in [5.41, 5.74) is 0.400. The fourth-order valence-corrected chi connectivity index (χ4v) is 4.65. The third-order valence-electron chi connectivity index (χ3n) is 3.41. The molecule has 0 atom stereocenters. The molecule has 25 heavy (non-hydrogen) atoms. The summed E-state index contributed by atoms with van der Waals surface area (Å²) in [6, 6.07) is 10.5. The molecule has 6 nitrogen and oxygen atoms in total. The molecule has 9 heteroatoms. The van der Waals surface area contributed by atoms with Crippen LogP contribution in [0.1, 0.15) is 11.1 Å². The highest BCUT2D eigenvalue weighted by Crippen LogP contribution is 2.26. The number of thioether (sulfide) groups is 1. The molecule has 1 N–H and O–H groups in total. The van der Waals surface area contributed by atoms with Crippen molar-refractivity contribution in [3.63, 3.8) is 0 Å². The molecule has 0 saturated carbocycles. The lowest BCUT2D eigenvalue weighted by Gasteiger charge is -2.09. The molecule has 0 heterocycles. The van der Waals surface area contributed by atoms with E-state index >= 15 is 0 Å². The first-order valence-corrected chi connectivity index (χ1v) is 10.0. The Kier molecular flexibility index (Phi) is 6.51. The second-order valence-electron chi connectivity index (χ2n) is 5.22. The Morgan fingerprint density at radius 1 is 1.20 bits per heavy atom. The molecule has 0 unspecified atom stereocenters. The molecular formula is C16H17FN2O4S2. The third kappa shape index (κ3) is 5.00. The van der Waals surface area contributed by atoms with Gasteiger partial charge in [0.05, 0.1) is 4.92 Å². The summed E-state index contributed by atoms with van der Waals surface area (Å²) in [6.07, 6.45) is 0. The van der Waals surface area contributed by atoms with Gasteiger partial charge < -0.3 is 0 Å². The number of nitrogens with one attached hydrogen (secondary N) is 1. The van der Waals surface area contributed by atoms with Crippen LogP contribution in [0.25, 0.3) is 0 Å². The van der Waals surface area contributed by atoms with Crippen molar-refractivity contribution in [2.75, 3.05) is 12.3 Å². The van der Waals surface area contributed by atoms with E-state index in [0.29, 0.717) is 22.6 Å². The Bertz CT molecular complexity index is 872. The highest BCUT2D eigenvalue weighted by Gasteiger charge is 2.27. The number of rotatable bonds is 8. The zero-order chi connectivity index (χ0) is 18.4. The number of hydrogen-bond acceptors (Lipinski definition) is 5. The van der Waals surface area contributed by atoms with Crippen LogP contribution in [0.5, 0.6) is 0 Å². The minimum Gasteiger partial charge on any atom is -0.258 e. The van der Waals surface area contributed by atoms with Gasteiger partial charge in [0.15, 0.2) is 4.90 Å². The highest BCUT2D eigenvalue weighted by molar-refractivity contribution is 7.98. The van der Waals surface area contributed by atoms with Gasteiger partial charge in [0.25, 0.3) is 5.69 Å². The molecule has 134 valence electrons. The number of aryl methyl sites for hydroxylation is 1. The zero-order valence-corrected chi connectivity index (χ0v) is 15.1. The monoisotopic (exact) mass is 384 g/mol. The van der Waals surface area contributed by atoms with Gasteiger partial charge in [0.2, 0.25) is 10.0 Å². The van der Waals surface area contributed by atoms with Crippen molar-refractivity contribution >= 4 is 27.5 Å². The Morgan fingerprint density at radius 3 is 2.60 bits per heavy atom. The lowest BCUT2D eigenvalue weighted by Crippen LogP contribution is -2.27. The van der Waals surface area contributed by atoms with Crippen LogP contribution in [0, 0.1) is 22.9 Å². The van der Waals surface area contributed by atoms with E-state index in [1.807, 2.05) is 0 Å². The van der Waals surface area contributed by atoms with Gasteiger partial charge in [-0.3, -0.25) is 10.1 Å². The largest absolute Gasteiger partial charge is 0.289 e. The molecule has 0 fully saturated rings. The van der Waals surface area contributed by atoms with Crippen molar-refractivity contribution in [3.8, 4) is 0 Å². The number of halogens is 1. The normalized spacial score (nSPS) is 11.4. The average Bonchev–Trinajstić information content (AvgIpc) is 2.55. The minimum absolute atomic E-state index is 0.0902. The number of sulfonamides is 1. The molecule has 0 aliphatic heterocycles. The first-order valence-electron chi connectivity index (χ1n) is 7.38. The van der Waals surface area contributed by atoms with E-state index < -0.39 is 20.6 Å². The maximum absolute atomic E-state index is 13.5. The summed E-state index contributed by atoms with van der Waals surface area (Å²) in [5.74, 6) is 0.526. The average molecular weight is 384 g/mol. The molecule has 0 bridgehead atoms. The zero-order valence-electron chi connectivity index (χ0n) is 13.4. The van der Waals surface area contributed by atoms with Gasteiger partial charge in [0.1, 0.15) is 5.82 Å². The summed E-state index contributed by atoms with van der Waals surface area (Å²) in [6.45, 7) is 1.60. The van der Waals surface area contributed by atoms with Crippen molar-refractivity contribution in [2.45, 2.75) is 17.6 Å². The van der Waals surface area contributed by atoms with Crippen LogP contribution in [0.2, 0.25) is 0 Å². The molecule has 0 saturated heterocycles. The van der Waals surface area contributed by atoms with Crippen molar-refractivity contribution in [1.82, 2.24) is 4.72 Å². The number of nitro groups is 1. The Balaban J connectivity index is 1.97. The number of benzene rings is 2. The van der Waals surface area contributed by atoms with Crippen molar-refractivity contribution in [1.29, 1.82) is 0 Å². The second-order valence-corrected chi connectivity index (χ2v) is 8.03. The van der Waals surface area contributed by atoms with E-state index in [1.165, 1.54) is 36.9 Å². The lowest BCUT2D eigenvalue weighted by molar-refractivity contribution is -0.387. The first-order chi connectivity index (χ1) is 11.8. The summed E-state index contributed by atoms with van der Waals surface area (Å²) >= 11 is 1.37. The smallest absolute Gasteiger partial charge is 0.258 e. The molecule has 0 aromatic heterocycles. The molecule has 0 aliphatic carbocycles. The topological polar surface area (TPSA) is 89.3 Å². The standard InChI is InChI=1S/C16H17FN2O4S2/c1-12-5-4-8-15(19(20)21)16(12)25(22,23)18-9-10-24-11-13-6-2-3-7-14(13)17/h2-8,18H,9-11H2,1H3. The molecule has 2 rings (SSSR count). The SMILES string of the molecule is Cc1cccc([N+](=O)[O-])c1S(=O)(=O)NCCSCc1ccccc1F. The van der Waals surface area contributed by atoms with Crippen LogP contribution >= 0.6 is 11.8 Å². The van der Waals surface area contributed by atoms with Gasteiger partial charge >= 0.3 is 0 Å². The van der Waals surface area contributed by atoms with Gasteiger partial charge in [-0.05, 0) is 24.1 Å². The van der Waals surface area contributed by atoms with Gasteiger partial charge in [0, 0.05) is 24.1 Å². The Labute approximate surface area is 149 Å². The fourth-order valence-electron chi connectivity index (χ4n) is 2.25. The van der Waals surface area contributed by atoms with Crippen LogP contribution in [0.4, 0.5) is 10.1 Å². The van der Waals surface area contributed by atoms with Crippen LogP contribution in [0.15, 0.2) is 47.4 Å². The number of nitrogens with zero attached hydrogens (tertiary/aromatic N) is 1. The van der Waals surface area contributed by atoms with Crippen molar-refractivity contribution < 1.29 is 17.7 Å². The van der Waals surface area contributed by atoms with Crippen molar-refractivity contribution in [3.05, 3.63) is 69.5 Å². The number of nitro benzene ring substituents is 1. The van der Waals surface area contributed by atoms with Crippen molar-refractivity contribution in [2.24, 2.45) is 0 Å². The highest BCUT2D eigenvalue weighted by atomic mass is 32.2. The van der Waals surface area contributed by atoms with Gasteiger partial charge in [-0.1, -0.05) is 30.3 Å². The molecule has 2 aromatic carbocycles. The van der Waals surface area contributed by atoms with E-state index in [4.69, 9.17) is 0 Å². The first kappa shape index (κ1) is 19.4. The van der Waals surface area contributed by atoms with E-state index in [-0.39, 0.29) is 17.3 Å². The van der Waals surface area contributed by atoms with E-state index in [2.05, 4.69) is 4.72 Å². The van der Waals surface area contributed by atoms with E-state index in [9.17, 15) is 22.9 Å². The molecule has 0 amide bonds. The van der Waals surface area contributed by atoms with Gasteiger partial charge in [-0.15, -0.1) is 0 Å². The van der Waals surface area contributed by atoms with Gasteiger partial charge in [-0.2, -0.15) is 11.8 Å². The van der Waals surface area contributed by atoms with E-state index in [1.54, 1.807) is 18.2 Å². The second kappa shape index (κ2) is 8.41. The number of hydrogen-bond donors (Lipinski definition) is 1. The van der Waals surface area contributed by atoms with E-state index in [0.717, 1.165) is 6.07 Å². The maximum Gasteiger partial charge on any atom is 0.289 e. The molecule has 0 aliphatic rings. The maximum atomic E-state index is 13.5. The molecule has 0 radical (unpaired) electrons. The summed E-state index contributed by atoms with van der Waals surface area (Å²) in [5, 5.41) is 11.1.